The molecule has 0 fully saturated rings. The van der Waals surface area contributed by atoms with Gasteiger partial charge in [0.05, 0.1) is 12.8 Å². The maximum atomic E-state index is 13.3. The number of hydrogen-bond donors (Lipinski definition) is 1. The van der Waals surface area contributed by atoms with Crippen LogP contribution >= 0.6 is 0 Å². The van der Waals surface area contributed by atoms with Crippen molar-refractivity contribution in [3.63, 3.8) is 0 Å². The van der Waals surface area contributed by atoms with Gasteiger partial charge in [0.15, 0.2) is 0 Å². The van der Waals surface area contributed by atoms with Gasteiger partial charge in [0.25, 0.3) is 0 Å². The van der Waals surface area contributed by atoms with E-state index in [9.17, 15) is 9.18 Å². The number of carbonyl (C=O) groups excluding carboxylic acids is 1. The Morgan fingerprint density at radius 2 is 2.44 bits per heavy atom. The molecule has 0 aliphatic heterocycles. The molecule has 0 spiro atoms. The smallest absolute Gasteiger partial charge is 0.230 e. The Morgan fingerprint density at radius 1 is 1.69 bits per heavy atom. The zero-order chi connectivity index (χ0) is 12.0. The van der Waals surface area contributed by atoms with E-state index in [1.807, 2.05) is 0 Å². The fraction of sp³-hybridized carbons (Fsp3) is 0.222. The van der Waals surface area contributed by atoms with Gasteiger partial charge in [-0.05, 0) is 17.7 Å². The molecule has 0 saturated heterocycles. The summed E-state index contributed by atoms with van der Waals surface area (Å²) in [5, 5.41) is 5.31. The van der Waals surface area contributed by atoms with Gasteiger partial charge in [-0.1, -0.05) is 5.11 Å². The summed E-state index contributed by atoms with van der Waals surface area (Å²) in [5.41, 5.74) is 8.00. The first-order chi connectivity index (χ1) is 7.67. The van der Waals surface area contributed by atoms with E-state index in [4.69, 9.17) is 10.3 Å². The van der Waals surface area contributed by atoms with Gasteiger partial charge in [-0.25, -0.2) is 4.39 Å². The van der Waals surface area contributed by atoms with Crippen LogP contribution in [0.3, 0.4) is 0 Å². The molecule has 1 aromatic carbocycles. The molecule has 1 amide bonds. The zero-order valence-corrected chi connectivity index (χ0v) is 8.48. The Hall–Kier alpha value is -2.27. The molecule has 0 aliphatic rings. The van der Waals surface area contributed by atoms with Gasteiger partial charge >= 0.3 is 0 Å². The number of amides is 1. The Balaban J connectivity index is 2.74. The molecule has 16 heavy (non-hydrogen) atoms. The van der Waals surface area contributed by atoms with Gasteiger partial charge in [0.2, 0.25) is 5.91 Å². The SMILES string of the molecule is COc1ccc(NC(=O)CN=[N+]=[N-])c(F)c1. The highest BCUT2D eigenvalue weighted by Gasteiger charge is 2.06. The molecule has 0 bridgehead atoms. The molecular weight excluding hydrogens is 215 g/mol. The standard InChI is InChI=1S/C9H9FN4O2/c1-16-6-2-3-8(7(10)4-6)13-9(15)5-12-14-11/h2-4H,5H2,1H3,(H,13,15). The van der Waals surface area contributed by atoms with E-state index in [0.717, 1.165) is 6.07 Å². The van der Waals surface area contributed by atoms with Crippen molar-refractivity contribution in [1.29, 1.82) is 0 Å². The van der Waals surface area contributed by atoms with Crippen LogP contribution in [0.15, 0.2) is 23.3 Å². The minimum atomic E-state index is -0.617. The van der Waals surface area contributed by atoms with Crippen molar-refractivity contribution in [1.82, 2.24) is 0 Å². The van der Waals surface area contributed by atoms with E-state index >= 15 is 0 Å². The van der Waals surface area contributed by atoms with E-state index in [0.29, 0.717) is 5.75 Å². The summed E-state index contributed by atoms with van der Waals surface area (Å²) < 4.78 is 18.1. The number of anilines is 1. The van der Waals surface area contributed by atoms with Crippen LogP contribution in [0.1, 0.15) is 0 Å². The fourth-order valence-electron chi connectivity index (χ4n) is 1.01. The highest BCUT2D eigenvalue weighted by molar-refractivity contribution is 5.92. The molecule has 0 atom stereocenters. The summed E-state index contributed by atoms with van der Waals surface area (Å²) in [6, 6.07) is 4.01. The molecule has 1 rings (SSSR count). The average Bonchev–Trinajstić information content (AvgIpc) is 2.29. The predicted octanol–water partition coefficient (Wildman–Crippen LogP) is 2.08. The third-order valence-corrected chi connectivity index (χ3v) is 1.73. The van der Waals surface area contributed by atoms with Crippen molar-refractivity contribution in [2.45, 2.75) is 0 Å². The van der Waals surface area contributed by atoms with Gasteiger partial charge < -0.3 is 10.1 Å². The molecule has 0 unspecified atom stereocenters. The summed E-state index contributed by atoms with van der Waals surface area (Å²) in [4.78, 5) is 13.5. The number of nitrogens with one attached hydrogen (secondary N) is 1. The van der Waals surface area contributed by atoms with E-state index in [2.05, 4.69) is 15.3 Å². The molecule has 7 heteroatoms. The molecule has 0 radical (unpaired) electrons. The number of halogens is 1. The monoisotopic (exact) mass is 224 g/mol. The molecular formula is C9H9FN4O2. The number of ether oxygens (including phenoxy) is 1. The van der Waals surface area contributed by atoms with Crippen LogP contribution in [0.25, 0.3) is 10.4 Å². The van der Waals surface area contributed by atoms with E-state index in [1.165, 1.54) is 19.2 Å². The number of benzene rings is 1. The van der Waals surface area contributed by atoms with Crippen molar-refractivity contribution in [3.8, 4) is 5.75 Å². The van der Waals surface area contributed by atoms with Crippen molar-refractivity contribution in [3.05, 3.63) is 34.5 Å². The lowest BCUT2D eigenvalue weighted by Crippen LogP contribution is -2.15. The number of rotatable bonds is 4. The molecule has 1 aromatic rings. The molecule has 6 nitrogen and oxygen atoms in total. The molecule has 1 N–H and O–H groups in total. The molecule has 0 aromatic heterocycles. The lowest BCUT2D eigenvalue weighted by Gasteiger charge is -2.06. The van der Waals surface area contributed by atoms with Crippen LogP contribution in [0, 0.1) is 5.82 Å². The Bertz CT molecular complexity index is 443. The highest BCUT2D eigenvalue weighted by atomic mass is 19.1. The van der Waals surface area contributed by atoms with Crippen LogP contribution in [0.5, 0.6) is 5.75 Å². The minimum absolute atomic E-state index is 0.0129. The topological polar surface area (TPSA) is 87.1 Å². The molecule has 0 heterocycles. The van der Waals surface area contributed by atoms with E-state index in [-0.39, 0.29) is 12.2 Å². The Kier molecular flexibility index (Phi) is 4.11. The van der Waals surface area contributed by atoms with Crippen LogP contribution in [-0.4, -0.2) is 19.6 Å². The number of nitrogens with zero attached hydrogens (tertiary/aromatic N) is 3. The maximum absolute atomic E-state index is 13.3. The third-order valence-electron chi connectivity index (χ3n) is 1.73. The number of hydrogen-bond acceptors (Lipinski definition) is 3. The number of azide groups is 1. The van der Waals surface area contributed by atoms with Crippen LogP contribution in [0.2, 0.25) is 0 Å². The lowest BCUT2D eigenvalue weighted by molar-refractivity contribution is -0.114. The van der Waals surface area contributed by atoms with Gasteiger partial charge in [0.1, 0.15) is 18.1 Å². The van der Waals surface area contributed by atoms with Gasteiger partial charge in [-0.3, -0.25) is 4.79 Å². The minimum Gasteiger partial charge on any atom is -0.497 e. The van der Waals surface area contributed by atoms with Crippen molar-refractivity contribution in [2.75, 3.05) is 19.0 Å². The second kappa shape index (κ2) is 5.57. The average molecular weight is 224 g/mol. The zero-order valence-electron chi connectivity index (χ0n) is 8.48. The molecule has 0 saturated carbocycles. The summed E-state index contributed by atoms with van der Waals surface area (Å²) in [5.74, 6) is -0.846. The van der Waals surface area contributed by atoms with Crippen molar-refractivity contribution < 1.29 is 13.9 Å². The first-order valence-corrected chi connectivity index (χ1v) is 4.31. The van der Waals surface area contributed by atoms with Crippen molar-refractivity contribution in [2.24, 2.45) is 5.11 Å². The predicted molar refractivity (Wildman–Crippen MR) is 55.6 cm³/mol. The van der Waals surface area contributed by atoms with Gasteiger partial charge in [0, 0.05) is 11.0 Å². The highest BCUT2D eigenvalue weighted by Crippen LogP contribution is 2.20. The quantitative estimate of drug-likeness (QED) is 0.482. The largest absolute Gasteiger partial charge is 0.497 e. The Morgan fingerprint density at radius 3 is 3.00 bits per heavy atom. The fourth-order valence-corrected chi connectivity index (χ4v) is 1.01. The van der Waals surface area contributed by atoms with E-state index in [1.54, 1.807) is 0 Å². The first kappa shape index (κ1) is 11.8. The van der Waals surface area contributed by atoms with E-state index < -0.39 is 11.7 Å². The number of carbonyl (C=O) groups is 1. The normalized spacial score (nSPS) is 9.12. The third kappa shape index (κ3) is 3.14. The summed E-state index contributed by atoms with van der Waals surface area (Å²) >= 11 is 0. The van der Waals surface area contributed by atoms with Gasteiger partial charge in [-0.2, -0.15) is 0 Å². The van der Waals surface area contributed by atoms with Crippen LogP contribution < -0.4 is 10.1 Å². The number of methoxy groups -OCH3 is 1. The summed E-state index contributed by atoms with van der Waals surface area (Å²) in [6.07, 6.45) is 0. The first-order valence-electron chi connectivity index (χ1n) is 4.31. The maximum Gasteiger partial charge on any atom is 0.230 e. The van der Waals surface area contributed by atoms with Crippen molar-refractivity contribution >= 4 is 11.6 Å². The molecule has 84 valence electrons. The van der Waals surface area contributed by atoms with Crippen LogP contribution in [-0.2, 0) is 4.79 Å². The second-order valence-corrected chi connectivity index (χ2v) is 2.78. The lowest BCUT2D eigenvalue weighted by atomic mass is 10.3. The summed E-state index contributed by atoms with van der Waals surface area (Å²) in [7, 11) is 1.41. The Labute approximate surface area is 90.7 Å². The van der Waals surface area contributed by atoms with Gasteiger partial charge in [-0.15, -0.1) is 0 Å². The second-order valence-electron chi connectivity index (χ2n) is 2.78. The van der Waals surface area contributed by atoms with Crippen LogP contribution in [0.4, 0.5) is 10.1 Å². The summed E-state index contributed by atoms with van der Waals surface area (Å²) in [6.45, 7) is -0.373. The molecule has 0 aliphatic carbocycles.